The van der Waals surface area contributed by atoms with Gasteiger partial charge in [-0.05, 0) is 61.6 Å². The summed E-state index contributed by atoms with van der Waals surface area (Å²) < 4.78 is 93.5. The zero-order valence-electron chi connectivity index (χ0n) is 26.0. The monoisotopic (exact) mass is 654 g/mol. The van der Waals surface area contributed by atoms with E-state index in [9.17, 15) is 26.3 Å². The second-order valence-electron chi connectivity index (χ2n) is 11.8. The maximum Gasteiger partial charge on any atom is 0.416 e. The van der Waals surface area contributed by atoms with Crippen molar-refractivity contribution < 1.29 is 35.8 Å². The van der Waals surface area contributed by atoms with Crippen molar-refractivity contribution in [2.75, 3.05) is 63.3 Å². The van der Waals surface area contributed by atoms with Crippen LogP contribution >= 0.6 is 0 Å². The first-order valence-corrected chi connectivity index (χ1v) is 15.6. The van der Waals surface area contributed by atoms with Gasteiger partial charge >= 0.3 is 12.4 Å². The highest BCUT2D eigenvalue weighted by atomic mass is 19.4. The lowest BCUT2D eigenvalue weighted by Crippen LogP contribution is -2.42. The number of rotatable bonds is 11. The molecule has 1 saturated heterocycles. The number of nitrogens with one attached hydrogen (secondary N) is 1. The van der Waals surface area contributed by atoms with Gasteiger partial charge in [0.05, 0.1) is 60.4 Å². The van der Waals surface area contributed by atoms with Gasteiger partial charge < -0.3 is 29.5 Å². The Bertz CT molecular complexity index is 1340. The second-order valence-corrected chi connectivity index (χ2v) is 11.8. The molecule has 1 saturated carbocycles. The van der Waals surface area contributed by atoms with Crippen molar-refractivity contribution in [3.63, 3.8) is 0 Å². The van der Waals surface area contributed by atoms with Gasteiger partial charge in [0.2, 0.25) is 5.95 Å². The van der Waals surface area contributed by atoms with E-state index >= 15 is 0 Å². The number of nitrogens with zero attached hydrogens (tertiary/aromatic N) is 5. The molecule has 1 aromatic heterocycles. The number of benzene rings is 1. The fourth-order valence-corrected chi connectivity index (χ4v) is 6.32. The van der Waals surface area contributed by atoms with Crippen LogP contribution in [0.15, 0.2) is 54.1 Å². The predicted octanol–water partition coefficient (Wildman–Crippen LogP) is 6.53. The summed E-state index contributed by atoms with van der Waals surface area (Å²) in [5.41, 5.74) is -0.513. The smallest absolute Gasteiger partial charge is 0.378 e. The zero-order chi connectivity index (χ0) is 32.9. The van der Waals surface area contributed by atoms with Crippen LogP contribution in [0.3, 0.4) is 0 Å². The number of hydrogen-bond donors (Lipinski definition) is 1. The molecule has 5 rings (SSSR count). The molecule has 0 bridgehead atoms. The number of morpholine rings is 1. The molecule has 2 fully saturated rings. The van der Waals surface area contributed by atoms with Gasteiger partial charge in [0.15, 0.2) is 0 Å². The lowest BCUT2D eigenvalue weighted by Gasteiger charge is -2.40. The number of likely N-dealkylation sites (N-methyl/N-ethyl adjacent to an activating group) is 1. The van der Waals surface area contributed by atoms with E-state index in [4.69, 9.17) is 9.47 Å². The quantitative estimate of drug-likeness (QED) is 0.275. The SMILES string of the molecule is CCN(CC1CCCC1)C1=C(CNc2ncc(N3CCOCC3)cn2)N(Cc2cc(C(F)(F)F)cc(C(F)(F)F)c2)C(OC)C=C1. The van der Waals surface area contributed by atoms with E-state index in [2.05, 4.69) is 25.1 Å². The van der Waals surface area contributed by atoms with Gasteiger partial charge in [-0.3, -0.25) is 0 Å². The van der Waals surface area contributed by atoms with Crippen LogP contribution in [0.1, 0.15) is 49.3 Å². The fourth-order valence-electron chi connectivity index (χ4n) is 6.32. The van der Waals surface area contributed by atoms with Gasteiger partial charge in [-0.25, -0.2) is 9.97 Å². The first-order valence-electron chi connectivity index (χ1n) is 15.6. The molecule has 1 N–H and O–H groups in total. The van der Waals surface area contributed by atoms with Crippen LogP contribution in [0.2, 0.25) is 0 Å². The Kier molecular flexibility index (Phi) is 10.7. The number of methoxy groups -OCH3 is 1. The second kappa shape index (κ2) is 14.5. The zero-order valence-corrected chi connectivity index (χ0v) is 26.0. The molecule has 252 valence electrons. The molecule has 0 spiro atoms. The number of aromatic nitrogens is 2. The summed E-state index contributed by atoms with van der Waals surface area (Å²) in [6, 6.07) is 1.69. The van der Waals surface area contributed by atoms with Gasteiger partial charge in [-0.2, -0.15) is 26.3 Å². The Morgan fingerprint density at radius 1 is 0.978 bits per heavy atom. The van der Waals surface area contributed by atoms with Gasteiger partial charge in [0.25, 0.3) is 0 Å². The first kappa shape index (κ1) is 33.8. The van der Waals surface area contributed by atoms with E-state index in [1.807, 2.05) is 13.0 Å². The molecular weight excluding hydrogens is 614 g/mol. The van der Waals surface area contributed by atoms with Crippen LogP contribution in [0.5, 0.6) is 0 Å². The van der Waals surface area contributed by atoms with Crippen LogP contribution in [-0.2, 0) is 28.4 Å². The minimum atomic E-state index is -4.95. The molecule has 1 atom stereocenters. The normalized spacial score (nSPS) is 19.7. The van der Waals surface area contributed by atoms with Crippen LogP contribution in [0.4, 0.5) is 38.0 Å². The summed E-state index contributed by atoms with van der Waals surface area (Å²) in [6.45, 7) is 6.07. The Morgan fingerprint density at radius 2 is 1.61 bits per heavy atom. The van der Waals surface area contributed by atoms with Crippen LogP contribution in [0.25, 0.3) is 0 Å². The standard InChI is InChI=1S/C32H40F6N6O2/c1-3-42(20-22-6-4-5-7-22)27-8-9-29(45-2)44(21-23-14-24(31(33,34)35)16-25(15-23)32(36,37)38)28(27)19-41-30-39-17-26(18-40-30)43-10-12-46-13-11-43/h8-9,14-18,22,29H,3-7,10-13,19-21H2,1-2H3,(H,39,40,41). The average Bonchev–Trinajstić information content (AvgIpc) is 3.56. The molecule has 1 aromatic carbocycles. The van der Waals surface area contributed by atoms with Crippen molar-refractivity contribution >= 4 is 11.6 Å². The highest BCUT2D eigenvalue weighted by Gasteiger charge is 2.38. The number of alkyl halides is 6. The molecule has 0 amide bonds. The van der Waals surface area contributed by atoms with Crippen LogP contribution in [-0.4, -0.2) is 79.0 Å². The van der Waals surface area contributed by atoms with Crippen molar-refractivity contribution in [2.45, 2.75) is 57.7 Å². The number of allylic oxidation sites excluding steroid dienone is 1. The molecule has 1 unspecified atom stereocenters. The Hall–Kier alpha value is -3.52. The van der Waals surface area contributed by atoms with Crippen molar-refractivity contribution in [1.29, 1.82) is 0 Å². The molecule has 0 radical (unpaired) electrons. The van der Waals surface area contributed by atoms with Crippen molar-refractivity contribution in [3.8, 4) is 0 Å². The highest BCUT2D eigenvalue weighted by Crippen LogP contribution is 2.38. The summed E-state index contributed by atoms with van der Waals surface area (Å²) in [6.07, 6.45) is 1.05. The summed E-state index contributed by atoms with van der Waals surface area (Å²) in [4.78, 5) is 15.0. The van der Waals surface area contributed by atoms with E-state index in [1.54, 1.807) is 23.4 Å². The molecule has 2 aromatic rings. The first-order chi connectivity index (χ1) is 22.0. The van der Waals surface area contributed by atoms with E-state index in [0.29, 0.717) is 37.3 Å². The molecule has 8 nitrogen and oxygen atoms in total. The molecule has 46 heavy (non-hydrogen) atoms. The predicted molar refractivity (Wildman–Crippen MR) is 162 cm³/mol. The summed E-state index contributed by atoms with van der Waals surface area (Å²) in [5, 5.41) is 3.24. The van der Waals surface area contributed by atoms with E-state index in [-0.39, 0.29) is 24.7 Å². The number of hydrogen-bond acceptors (Lipinski definition) is 8. The fraction of sp³-hybridized carbons (Fsp3) is 0.562. The van der Waals surface area contributed by atoms with E-state index in [0.717, 1.165) is 68.8 Å². The Labute approximate surface area is 265 Å². The average molecular weight is 655 g/mol. The maximum atomic E-state index is 13.7. The molecule has 14 heteroatoms. The highest BCUT2D eigenvalue weighted by molar-refractivity contribution is 5.45. The number of ether oxygens (including phenoxy) is 2. The maximum absolute atomic E-state index is 13.7. The van der Waals surface area contributed by atoms with Crippen molar-refractivity contribution in [3.05, 3.63) is 70.8 Å². The largest absolute Gasteiger partial charge is 0.416 e. The third kappa shape index (κ3) is 8.24. The topological polar surface area (TPSA) is 66.0 Å². The van der Waals surface area contributed by atoms with E-state index in [1.165, 1.54) is 7.11 Å². The van der Waals surface area contributed by atoms with Gasteiger partial charge in [-0.1, -0.05) is 12.8 Å². The molecule has 3 aliphatic rings. The van der Waals surface area contributed by atoms with Crippen molar-refractivity contribution in [2.24, 2.45) is 5.92 Å². The van der Waals surface area contributed by atoms with Crippen LogP contribution < -0.4 is 10.2 Å². The number of anilines is 2. The molecular formula is C32H40F6N6O2. The van der Waals surface area contributed by atoms with Crippen molar-refractivity contribution in [1.82, 2.24) is 19.8 Å². The minimum Gasteiger partial charge on any atom is -0.378 e. The summed E-state index contributed by atoms with van der Waals surface area (Å²) in [5.74, 6) is 0.835. The molecule has 3 heterocycles. The third-order valence-electron chi connectivity index (χ3n) is 8.71. The third-order valence-corrected chi connectivity index (χ3v) is 8.71. The van der Waals surface area contributed by atoms with Gasteiger partial charge in [-0.15, -0.1) is 0 Å². The van der Waals surface area contributed by atoms with Gasteiger partial charge in [0, 0.05) is 39.8 Å². The van der Waals surface area contributed by atoms with Gasteiger partial charge in [0.1, 0.15) is 6.23 Å². The molecule has 1 aliphatic carbocycles. The lowest BCUT2D eigenvalue weighted by atomic mass is 10.0. The number of halogens is 6. The summed E-state index contributed by atoms with van der Waals surface area (Å²) in [7, 11) is 1.45. The Balaban J connectivity index is 1.48. The minimum absolute atomic E-state index is 0.138. The summed E-state index contributed by atoms with van der Waals surface area (Å²) >= 11 is 0. The lowest BCUT2D eigenvalue weighted by molar-refractivity contribution is -0.143. The Morgan fingerprint density at radius 3 is 2.17 bits per heavy atom. The molecule has 2 aliphatic heterocycles. The van der Waals surface area contributed by atoms with Crippen LogP contribution in [0, 0.1) is 5.92 Å². The van der Waals surface area contributed by atoms with E-state index < -0.39 is 29.7 Å².